The van der Waals surface area contributed by atoms with E-state index in [1.807, 2.05) is 13.8 Å². The number of hydrogen-bond acceptors (Lipinski definition) is 5. The highest BCUT2D eigenvalue weighted by Gasteiger charge is 2.17. The maximum Gasteiger partial charge on any atom is 0.291 e. The molecule has 23 heavy (non-hydrogen) atoms. The van der Waals surface area contributed by atoms with E-state index in [4.69, 9.17) is 4.42 Å². The second-order valence-corrected chi connectivity index (χ2v) is 5.17. The van der Waals surface area contributed by atoms with E-state index in [2.05, 4.69) is 20.8 Å². The Kier molecular flexibility index (Phi) is 3.88. The molecule has 0 atom stereocenters. The van der Waals surface area contributed by atoms with Crippen molar-refractivity contribution in [3.63, 3.8) is 0 Å². The summed E-state index contributed by atoms with van der Waals surface area (Å²) in [7, 11) is 0. The second kappa shape index (κ2) is 5.99. The molecule has 0 fully saturated rings. The van der Waals surface area contributed by atoms with Gasteiger partial charge in [-0.1, -0.05) is 0 Å². The number of halogens is 1. The molecule has 1 aromatic carbocycles. The molecule has 0 aliphatic heterocycles. The van der Waals surface area contributed by atoms with Gasteiger partial charge in [-0.2, -0.15) is 0 Å². The van der Waals surface area contributed by atoms with Crippen LogP contribution in [0, 0.1) is 5.82 Å². The van der Waals surface area contributed by atoms with Crippen molar-refractivity contribution in [2.45, 2.75) is 19.9 Å². The van der Waals surface area contributed by atoms with Crippen LogP contribution in [0.2, 0.25) is 0 Å². The van der Waals surface area contributed by atoms with Gasteiger partial charge in [0.1, 0.15) is 5.82 Å². The molecule has 0 radical (unpaired) electrons. The number of nitrogens with one attached hydrogen (secondary N) is 1. The Hall–Kier alpha value is -3.03. The zero-order valence-electron chi connectivity index (χ0n) is 12.5. The molecule has 3 aromatic rings. The van der Waals surface area contributed by atoms with E-state index in [1.54, 1.807) is 12.1 Å². The first-order chi connectivity index (χ1) is 11.1. The first kappa shape index (κ1) is 14.9. The number of carbonyl (C=O) groups is 1. The Labute approximate surface area is 131 Å². The molecule has 1 N–H and O–H groups in total. The van der Waals surface area contributed by atoms with E-state index in [0.717, 1.165) is 0 Å². The molecular weight excluding hydrogens is 301 g/mol. The number of amides is 1. The number of tetrazole rings is 1. The Morgan fingerprint density at radius 1 is 1.35 bits per heavy atom. The van der Waals surface area contributed by atoms with Gasteiger partial charge >= 0.3 is 0 Å². The normalized spacial score (nSPS) is 11.0. The lowest BCUT2D eigenvalue weighted by molar-refractivity contribution is 0.0996. The van der Waals surface area contributed by atoms with Gasteiger partial charge in [0, 0.05) is 5.69 Å². The molecule has 0 bridgehead atoms. The van der Waals surface area contributed by atoms with Crippen LogP contribution in [-0.2, 0) is 0 Å². The zero-order chi connectivity index (χ0) is 16.4. The van der Waals surface area contributed by atoms with Crippen LogP contribution in [0.25, 0.3) is 11.4 Å². The molecule has 0 aliphatic rings. The van der Waals surface area contributed by atoms with Crippen molar-refractivity contribution in [3.8, 4) is 11.4 Å². The van der Waals surface area contributed by atoms with Crippen molar-refractivity contribution in [1.82, 2.24) is 20.2 Å². The Morgan fingerprint density at radius 2 is 2.17 bits per heavy atom. The van der Waals surface area contributed by atoms with Crippen LogP contribution in [-0.4, -0.2) is 26.1 Å². The summed E-state index contributed by atoms with van der Waals surface area (Å²) in [5.41, 5.74) is 0.580. The maximum absolute atomic E-state index is 14.4. The fourth-order valence-electron chi connectivity index (χ4n) is 2.09. The lowest BCUT2D eigenvalue weighted by Crippen LogP contribution is -2.11. The smallest absolute Gasteiger partial charge is 0.291 e. The Balaban J connectivity index is 1.86. The van der Waals surface area contributed by atoms with Crippen LogP contribution >= 0.6 is 0 Å². The molecular formula is C15H14FN5O2. The Morgan fingerprint density at radius 3 is 2.83 bits per heavy atom. The minimum Gasteiger partial charge on any atom is -0.459 e. The maximum atomic E-state index is 14.4. The van der Waals surface area contributed by atoms with Crippen molar-refractivity contribution in [3.05, 3.63) is 48.2 Å². The van der Waals surface area contributed by atoms with Crippen LogP contribution in [0.5, 0.6) is 0 Å². The van der Waals surface area contributed by atoms with Gasteiger partial charge in [-0.05, 0) is 54.6 Å². The number of hydrogen-bond donors (Lipinski definition) is 1. The fraction of sp³-hybridized carbons (Fsp3) is 0.200. The zero-order valence-corrected chi connectivity index (χ0v) is 12.5. The van der Waals surface area contributed by atoms with Gasteiger partial charge in [-0.15, -0.1) is 5.10 Å². The van der Waals surface area contributed by atoms with Crippen molar-refractivity contribution < 1.29 is 13.6 Å². The number of carbonyl (C=O) groups excluding carboxylic acids is 1. The van der Waals surface area contributed by atoms with Crippen LogP contribution in [0.1, 0.15) is 30.4 Å². The quantitative estimate of drug-likeness (QED) is 0.800. The molecule has 2 aromatic heterocycles. The average molecular weight is 315 g/mol. The molecule has 0 saturated carbocycles. The van der Waals surface area contributed by atoms with E-state index in [9.17, 15) is 9.18 Å². The van der Waals surface area contributed by atoms with Crippen molar-refractivity contribution in [2.24, 2.45) is 0 Å². The van der Waals surface area contributed by atoms with Crippen LogP contribution < -0.4 is 5.32 Å². The number of aromatic nitrogens is 4. The third-order valence-electron chi connectivity index (χ3n) is 3.19. The topological polar surface area (TPSA) is 85.8 Å². The SMILES string of the molecule is CC(C)n1nnnc1-c1ccc(NC(=O)c2ccco2)cc1F. The molecule has 3 rings (SSSR count). The van der Waals surface area contributed by atoms with Crippen molar-refractivity contribution >= 4 is 11.6 Å². The summed E-state index contributed by atoms with van der Waals surface area (Å²) in [5, 5.41) is 13.8. The predicted octanol–water partition coefficient (Wildman–Crippen LogP) is 2.91. The molecule has 0 aliphatic carbocycles. The summed E-state index contributed by atoms with van der Waals surface area (Å²) < 4.78 is 20.9. The minimum absolute atomic E-state index is 0.00210. The van der Waals surface area contributed by atoms with Gasteiger partial charge < -0.3 is 9.73 Å². The van der Waals surface area contributed by atoms with E-state index < -0.39 is 11.7 Å². The van der Waals surface area contributed by atoms with E-state index >= 15 is 0 Å². The lowest BCUT2D eigenvalue weighted by Gasteiger charge is -2.09. The second-order valence-electron chi connectivity index (χ2n) is 5.17. The standard InChI is InChI=1S/C15H14FN5O2/c1-9(2)21-14(18-19-20-21)11-6-5-10(8-12(11)16)17-15(22)13-4-3-7-23-13/h3-9H,1-2H3,(H,17,22). The summed E-state index contributed by atoms with van der Waals surface area (Å²) in [5.74, 6) is -0.493. The highest BCUT2D eigenvalue weighted by molar-refractivity contribution is 6.02. The highest BCUT2D eigenvalue weighted by atomic mass is 19.1. The van der Waals surface area contributed by atoms with Gasteiger partial charge in [-0.3, -0.25) is 4.79 Å². The molecule has 118 valence electrons. The van der Waals surface area contributed by atoms with Gasteiger partial charge in [0.15, 0.2) is 11.6 Å². The molecule has 0 unspecified atom stereocenters. The number of rotatable bonds is 4. The molecule has 0 saturated heterocycles. The Bertz CT molecular complexity index is 826. The molecule has 1 amide bonds. The van der Waals surface area contributed by atoms with Gasteiger partial charge in [0.05, 0.1) is 17.9 Å². The minimum atomic E-state index is -0.529. The molecule has 8 heteroatoms. The number of nitrogens with zero attached hydrogens (tertiary/aromatic N) is 4. The lowest BCUT2D eigenvalue weighted by atomic mass is 10.1. The molecule has 0 spiro atoms. The number of anilines is 1. The van der Waals surface area contributed by atoms with Crippen molar-refractivity contribution in [1.29, 1.82) is 0 Å². The summed E-state index contributed by atoms with van der Waals surface area (Å²) in [6.07, 6.45) is 1.39. The third kappa shape index (κ3) is 2.96. The van der Waals surface area contributed by atoms with Gasteiger partial charge in [-0.25, -0.2) is 9.07 Å². The van der Waals surface area contributed by atoms with Crippen LogP contribution in [0.4, 0.5) is 10.1 Å². The van der Waals surface area contributed by atoms with Gasteiger partial charge in [0.25, 0.3) is 5.91 Å². The number of furan rings is 1. The predicted molar refractivity (Wildman–Crippen MR) is 80.3 cm³/mol. The van der Waals surface area contributed by atoms with Crippen molar-refractivity contribution in [2.75, 3.05) is 5.32 Å². The molecule has 7 nitrogen and oxygen atoms in total. The first-order valence-electron chi connectivity index (χ1n) is 6.99. The van der Waals surface area contributed by atoms with E-state index in [1.165, 1.54) is 29.1 Å². The summed E-state index contributed by atoms with van der Waals surface area (Å²) in [6.45, 7) is 3.80. The van der Waals surface area contributed by atoms with E-state index in [-0.39, 0.29) is 17.4 Å². The third-order valence-corrected chi connectivity index (χ3v) is 3.19. The summed E-state index contributed by atoms with van der Waals surface area (Å²) >= 11 is 0. The monoisotopic (exact) mass is 315 g/mol. The molecule has 2 heterocycles. The first-order valence-corrected chi connectivity index (χ1v) is 6.99. The van der Waals surface area contributed by atoms with Crippen LogP contribution in [0.15, 0.2) is 41.0 Å². The average Bonchev–Trinajstić information content (AvgIpc) is 3.19. The largest absolute Gasteiger partial charge is 0.459 e. The summed E-state index contributed by atoms with van der Waals surface area (Å²) in [4.78, 5) is 11.9. The number of benzene rings is 1. The van der Waals surface area contributed by atoms with Gasteiger partial charge in [0.2, 0.25) is 0 Å². The van der Waals surface area contributed by atoms with E-state index in [0.29, 0.717) is 11.5 Å². The summed E-state index contributed by atoms with van der Waals surface area (Å²) in [6, 6.07) is 7.45. The fourth-order valence-corrected chi connectivity index (χ4v) is 2.09. The highest BCUT2D eigenvalue weighted by Crippen LogP contribution is 2.25. The van der Waals surface area contributed by atoms with Crippen LogP contribution in [0.3, 0.4) is 0 Å².